The number of aromatic nitrogens is 15. The topological polar surface area (TPSA) is 312 Å². The molecular formula is C99H123N25O7. The Labute approximate surface area is 765 Å². The van der Waals surface area contributed by atoms with E-state index in [1.807, 2.05) is 88.5 Å². The zero-order chi connectivity index (χ0) is 90.4. The first kappa shape index (κ1) is 89.5. The fourth-order valence-corrected chi connectivity index (χ4v) is 19.7. The number of anilines is 6. The molecule has 0 radical (unpaired) electrons. The van der Waals surface area contributed by atoms with Crippen LogP contribution >= 0.6 is 0 Å². The van der Waals surface area contributed by atoms with Crippen LogP contribution < -0.4 is 21.3 Å². The van der Waals surface area contributed by atoms with Crippen LogP contribution in [0.3, 0.4) is 0 Å². The molecule has 1 amide bonds. The quantitative estimate of drug-likeness (QED) is 0.0299. The van der Waals surface area contributed by atoms with E-state index >= 15 is 0 Å². The molecular weight excluding hydrogens is 1650 g/mol. The minimum Gasteiger partial charge on any atom is -0.463 e. The second-order valence-electron chi connectivity index (χ2n) is 37.1. The predicted octanol–water partition coefficient (Wildman–Crippen LogP) is 11.4. The van der Waals surface area contributed by atoms with E-state index in [-0.39, 0.29) is 30.0 Å². The van der Waals surface area contributed by atoms with E-state index in [1.165, 1.54) is 78.3 Å². The first-order valence-corrected chi connectivity index (χ1v) is 46.6. The second kappa shape index (κ2) is 39.9. The molecule has 12 aromatic rings. The fourth-order valence-electron chi connectivity index (χ4n) is 19.7. The number of esters is 2. The molecule has 2 unspecified atom stereocenters. The zero-order valence-corrected chi connectivity index (χ0v) is 76.8. The van der Waals surface area contributed by atoms with E-state index in [0.717, 1.165) is 171 Å². The minimum absolute atomic E-state index is 0.0528. The van der Waals surface area contributed by atoms with E-state index in [9.17, 15) is 19.5 Å². The summed E-state index contributed by atoms with van der Waals surface area (Å²) in [5.41, 5.74) is 20.2. The highest BCUT2D eigenvalue weighted by molar-refractivity contribution is 5.89. The maximum absolute atomic E-state index is 12.6. The van der Waals surface area contributed by atoms with Gasteiger partial charge in [0.15, 0.2) is 17.5 Å². The van der Waals surface area contributed by atoms with Gasteiger partial charge in [-0.1, -0.05) is 112 Å². The Morgan fingerprint density at radius 2 is 0.947 bits per heavy atom. The maximum Gasteiger partial charge on any atom is 0.323 e. The number of nitrogens with one attached hydrogen (secondary N) is 4. The van der Waals surface area contributed by atoms with Gasteiger partial charge in [0.2, 0.25) is 23.8 Å². The number of carbonyl (C=O) groups excluding carboxylic acids is 3. The molecule has 32 heteroatoms. The van der Waals surface area contributed by atoms with Gasteiger partial charge in [-0.3, -0.25) is 52.9 Å². The van der Waals surface area contributed by atoms with Crippen LogP contribution in [0.5, 0.6) is 0 Å². The lowest BCUT2D eigenvalue weighted by Gasteiger charge is -2.37. The molecule has 3 aromatic carbocycles. The Kier molecular flexibility index (Phi) is 27.2. The summed E-state index contributed by atoms with van der Waals surface area (Å²) in [6.07, 6.45) is 24.4. The molecule has 0 spiro atoms. The van der Waals surface area contributed by atoms with Gasteiger partial charge in [0.1, 0.15) is 18.8 Å². The van der Waals surface area contributed by atoms with E-state index in [1.54, 1.807) is 18.7 Å². The van der Waals surface area contributed by atoms with Crippen molar-refractivity contribution in [2.75, 3.05) is 147 Å². The third-order valence-corrected chi connectivity index (χ3v) is 26.7. The van der Waals surface area contributed by atoms with E-state index in [0.29, 0.717) is 100 Å². The van der Waals surface area contributed by atoms with Crippen LogP contribution in [0.25, 0.3) is 67.5 Å². The van der Waals surface area contributed by atoms with Crippen LogP contribution in [0.2, 0.25) is 0 Å². The summed E-state index contributed by atoms with van der Waals surface area (Å²) in [6.45, 7) is 29.1. The molecule has 686 valence electrons. The highest BCUT2D eigenvalue weighted by Crippen LogP contribution is 2.48. The molecule has 8 aliphatic rings. The monoisotopic (exact) mass is 1770 g/mol. The lowest BCUT2D eigenvalue weighted by Crippen LogP contribution is -2.54. The van der Waals surface area contributed by atoms with E-state index in [4.69, 9.17) is 39.4 Å². The summed E-state index contributed by atoms with van der Waals surface area (Å²) in [6, 6.07) is 37.5. The van der Waals surface area contributed by atoms with Gasteiger partial charge in [-0.25, -0.2) is 29.9 Å². The number of benzene rings is 3. The Morgan fingerprint density at radius 1 is 0.534 bits per heavy atom. The number of amides is 1. The van der Waals surface area contributed by atoms with Crippen molar-refractivity contribution >= 4 is 53.1 Å². The highest BCUT2D eigenvalue weighted by atomic mass is 16.6. The summed E-state index contributed by atoms with van der Waals surface area (Å²) in [5, 5.41) is 37.6. The normalized spacial score (nSPS) is 19.5. The van der Waals surface area contributed by atoms with Gasteiger partial charge < -0.3 is 59.2 Å². The summed E-state index contributed by atoms with van der Waals surface area (Å²) >= 11 is 0. The number of piperazine rings is 3. The van der Waals surface area contributed by atoms with Crippen molar-refractivity contribution in [3.8, 4) is 67.5 Å². The molecule has 0 bridgehead atoms. The van der Waals surface area contributed by atoms with Gasteiger partial charge >= 0.3 is 11.9 Å². The van der Waals surface area contributed by atoms with E-state index < -0.39 is 5.60 Å². The number of hydrogen-bond donors (Lipinski definition) is 5. The largest absolute Gasteiger partial charge is 0.463 e. The van der Waals surface area contributed by atoms with Gasteiger partial charge in [-0.2, -0.15) is 15.3 Å². The van der Waals surface area contributed by atoms with Crippen molar-refractivity contribution < 1.29 is 33.7 Å². The lowest BCUT2D eigenvalue weighted by atomic mass is 9.83. The molecule has 20 rings (SSSR count). The van der Waals surface area contributed by atoms with Gasteiger partial charge in [-0.15, -0.1) is 0 Å². The summed E-state index contributed by atoms with van der Waals surface area (Å²) < 4.78 is 28.9. The molecule has 5 N–H and O–H groups in total. The van der Waals surface area contributed by atoms with E-state index in [2.05, 4.69) is 219 Å². The number of β-amino-alcohol motifs (C(OH)–C–C–N with tert-alkyl or cyclic N) is 1. The number of hydrogen-bond acceptors (Lipinski definition) is 25. The molecule has 32 nitrogen and oxygen atoms in total. The minimum atomic E-state index is -0.885. The number of carbonyl (C=O) groups is 3. The summed E-state index contributed by atoms with van der Waals surface area (Å²) in [7, 11) is 6.33. The van der Waals surface area contributed by atoms with Crippen LogP contribution in [0.15, 0.2) is 165 Å². The lowest BCUT2D eigenvalue weighted by molar-refractivity contribution is -0.151. The van der Waals surface area contributed by atoms with Crippen LogP contribution in [0, 0.1) is 0 Å². The smallest absolute Gasteiger partial charge is 0.323 e. The Bertz CT molecular complexity index is 5940. The first-order chi connectivity index (χ1) is 63.6. The summed E-state index contributed by atoms with van der Waals surface area (Å²) in [5.74, 6) is 4.56. The maximum atomic E-state index is 12.6. The number of fused-ring (bicyclic) bond motifs is 9. The van der Waals surface area contributed by atoms with Crippen molar-refractivity contribution in [1.29, 1.82) is 0 Å². The Morgan fingerprint density at radius 3 is 1.34 bits per heavy atom. The molecule has 131 heavy (non-hydrogen) atoms. The van der Waals surface area contributed by atoms with Crippen LogP contribution in [-0.2, 0) is 88.6 Å². The average molecular weight is 1780 g/mol. The number of aryl methyl sites for hydroxylation is 3. The van der Waals surface area contributed by atoms with Crippen LogP contribution in [0.4, 0.5) is 35.3 Å². The second-order valence-corrected chi connectivity index (χ2v) is 37.1. The SMILES string of the molecule is CC(C(=O)OC[C@@H]1CCCN1)N1CCN(CCn2ccc(Nc3ncc4c(n3)-c3c(cn(C)c3-c3ccccc3)C[C@H]4C)n2)CC1.C[C@@H]1Cc2cn(C)c(-c3ccccc3)c2-c2nc(Nc3ccn(CCN4CCN(CC(=O)OC5CCOC5)CC4)n3)ncc21.C[C@@H]1Cc2cn(C)c(-c3ccccc3)c2-c2nc(Nc3ccn(CCN4CCN(CC(C)(C)O)C(=O)C4)n3)ncc21. The van der Waals surface area contributed by atoms with Gasteiger partial charge in [0, 0.05) is 233 Å². The van der Waals surface area contributed by atoms with Crippen molar-refractivity contribution in [3.63, 3.8) is 0 Å². The fraction of sp³-hybridized carbons (Fsp3) is 0.455. The number of nitrogens with zero attached hydrogens (tertiary/aromatic N) is 21. The molecule has 14 heterocycles. The third kappa shape index (κ3) is 21.1. The average Bonchev–Trinajstić information content (AvgIpc) is 1.63. The molecule has 0 saturated carbocycles. The van der Waals surface area contributed by atoms with Crippen LogP contribution in [0.1, 0.15) is 112 Å². The van der Waals surface area contributed by atoms with Gasteiger partial charge in [0.05, 0.1) is 85.7 Å². The number of aliphatic hydroxyl groups is 1. The molecule has 5 aliphatic heterocycles. The van der Waals surface area contributed by atoms with Gasteiger partial charge in [-0.05, 0) is 111 Å². The van der Waals surface area contributed by atoms with Crippen molar-refractivity contribution in [1.82, 2.24) is 108 Å². The highest BCUT2D eigenvalue weighted by Gasteiger charge is 2.36. The summed E-state index contributed by atoms with van der Waals surface area (Å²) in [4.78, 5) is 79.6. The molecule has 6 atom stereocenters. The first-order valence-electron chi connectivity index (χ1n) is 46.6. The predicted molar refractivity (Wildman–Crippen MR) is 505 cm³/mol. The van der Waals surface area contributed by atoms with Crippen molar-refractivity contribution in [2.45, 2.75) is 141 Å². The van der Waals surface area contributed by atoms with Gasteiger partial charge in [0.25, 0.3) is 0 Å². The Hall–Kier alpha value is -12.1. The van der Waals surface area contributed by atoms with Crippen LogP contribution in [-0.4, -0.2) is 280 Å². The van der Waals surface area contributed by atoms with Crippen molar-refractivity contribution in [2.24, 2.45) is 21.1 Å². The number of ether oxygens (including phenoxy) is 3. The molecule has 9 aromatic heterocycles. The number of rotatable bonds is 27. The molecule has 5 saturated heterocycles. The third-order valence-electron chi connectivity index (χ3n) is 26.7. The molecule has 5 fully saturated rings. The van der Waals surface area contributed by atoms with Crippen molar-refractivity contribution in [3.05, 3.63) is 198 Å². The zero-order valence-electron chi connectivity index (χ0n) is 76.8. The molecule has 3 aliphatic carbocycles. The standard InChI is InChI=1S/C35H45N9O2.C33H40N8O3.C31H38N8O2/c1-24-20-27-22-41(3)33(26-8-5-4-6-9-26)31(27)32-29(24)21-37-35(39-32)38-30-11-13-44(40-30)19-16-42-14-17-43(18-15-42)25(2)34(45)46-23-28-10-7-12-36-28;1-23-18-25-20-38(2)32(24-6-4-3-5-7-24)30(25)31-27(23)19-34-33(36-31)35-28-8-10-41(37-28)16-15-39-11-13-40(14-12-39)21-29(42)44-26-9-17-43-22-26;1-21-16-23-18-36(4)29(22-8-6-5-7-9-22)27(23)28-24(21)17-32-30(34-28)33-25-10-11-39(35-25)15-13-37-12-14-38(26(40)19-37)20-31(2,3)41/h4-6,8-9,11,13,21-22,24-25,28,36H,7,10,12,14-20,23H2,1-3H3,(H,37,38,39,40);3-8,10,19-20,23,26H,9,11-18,21-22H2,1-2H3,(H,34,35,36,37);5-11,17-18,21,41H,12-16,19-20H2,1-4H3,(H,32,33,34,35)/t24-,25?,28+;23-,26?;21-/m111/s1. The Balaban J connectivity index is 0.000000132.